The Kier molecular flexibility index (Phi) is 6.34. The van der Waals surface area contributed by atoms with Crippen LogP contribution in [0.3, 0.4) is 0 Å². The van der Waals surface area contributed by atoms with Gasteiger partial charge >= 0.3 is 0 Å². The van der Waals surface area contributed by atoms with Gasteiger partial charge in [0.05, 0.1) is 20.3 Å². The number of halogens is 2. The highest BCUT2D eigenvalue weighted by Crippen LogP contribution is 2.28. The smallest absolute Gasteiger partial charge is 0.257 e. The lowest BCUT2D eigenvalue weighted by Crippen LogP contribution is -2.25. The molecule has 0 unspecified atom stereocenters. The van der Waals surface area contributed by atoms with Crippen LogP contribution in [0, 0.1) is 11.6 Å². The van der Waals surface area contributed by atoms with Gasteiger partial charge in [0, 0.05) is 42.6 Å². The van der Waals surface area contributed by atoms with Gasteiger partial charge in [-0.3, -0.25) is 4.79 Å². The monoisotopic (exact) mass is 496 g/mol. The number of nitrogens with one attached hydrogen (secondary N) is 1. The van der Waals surface area contributed by atoms with Crippen molar-refractivity contribution in [2.45, 2.75) is 19.1 Å². The number of methoxy groups -OCH3 is 1. The number of hydrogen-bond acceptors (Lipinski definition) is 8. The number of amides is 1. The number of nitrogens with zero attached hydrogens (tertiary/aromatic N) is 4. The fourth-order valence-corrected chi connectivity index (χ4v) is 3.93. The maximum atomic E-state index is 14.5. The van der Waals surface area contributed by atoms with E-state index in [1.165, 1.54) is 11.6 Å². The highest BCUT2D eigenvalue weighted by molar-refractivity contribution is 5.97. The fraction of sp³-hybridized carbons (Fsp3) is 0.250. The van der Waals surface area contributed by atoms with Crippen molar-refractivity contribution in [1.29, 1.82) is 0 Å². The van der Waals surface area contributed by atoms with E-state index in [1.807, 2.05) is 0 Å². The molecule has 0 spiro atoms. The molecule has 4 aromatic rings. The highest BCUT2D eigenvalue weighted by atomic mass is 19.1. The molecule has 1 aliphatic rings. The molecule has 0 radical (unpaired) electrons. The van der Waals surface area contributed by atoms with Crippen molar-refractivity contribution in [2.75, 3.05) is 26.1 Å². The lowest BCUT2D eigenvalue weighted by atomic mass is 10.1. The summed E-state index contributed by atoms with van der Waals surface area (Å²) in [4.78, 5) is 21.5. The zero-order valence-electron chi connectivity index (χ0n) is 19.2. The first-order chi connectivity index (χ1) is 17.4. The van der Waals surface area contributed by atoms with Crippen LogP contribution in [0.2, 0.25) is 0 Å². The van der Waals surface area contributed by atoms with E-state index in [4.69, 9.17) is 19.9 Å². The Bertz CT molecular complexity index is 1440. The van der Waals surface area contributed by atoms with Crippen LogP contribution in [0.15, 0.2) is 42.7 Å². The molecule has 0 aliphatic carbocycles. The highest BCUT2D eigenvalue weighted by Gasteiger charge is 2.23. The predicted octanol–water partition coefficient (Wildman–Crippen LogP) is 2.76. The summed E-state index contributed by atoms with van der Waals surface area (Å²) in [5.74, 6) is -2.07. The number of carbonyl (C=O) groups is 1. The van der Waals surface area contributed by atoms with E-state index >= 15 is 0 Å². The molecule has 5 rings (SSSR count). The summed E-state index contributed by atoms with van der Waals surface area (Å²) in [5, 5.41) is 6.71. The molecule has 1 atom stereocenters. The number of aromatic nitrogens is 4. The van der Waals surface area contributed by atoms with Crippen molar-refractivity contribution in [3.8, 4) is 22.8 Å². The van der Waals surface area contributed by atoms with E-state index in [2.05, 4.69) is 20.4 Å². The number of carbonyl (C=O) groups excluding carboxylic acids is 1. The molecule has 1 aliphatic heterocycles. The average Bonchev–Trinajstić information content (AvgIpc) is 3.52. The number of nitrogen functional groups attached to an aromatic ring is 1. The summed E-state index contributed by atoms with van der Waals surface area (Å²) >= 11 is 0. The molecule has 1 fully saturated rings. The van der Waals surface area contributed by atoms with E-state index in [-0.39, 0.29) is 41.4 Å². The summed E-state index contributed by atoms with van der Waals surface area (Å²) in [5.41, 5.74) is 7.81. The average molecular weight is 496 g/mol. The van der Waals surface area contributed by atoms with Crippen molar-refractivity contribution in [2.24, 2.45) is 0 Å². The number of hydrogen-bond donors (Lipinski definition) is 2. The van der Waals surface area contributed by atoms with Gasteiger partial charge in [-0.05, 0) is 29.8 Å². The third kappa shape index (κ3) is 4.75. The summed E-state index contributed by atoms with van der Waals surface area (Å²) < 4.78 is 46.2. The van der Waals surface area contributed by atoms with Gasteiger partial charge in [-0.15, -0.1) is 5.10 Å². The zero-order chi connectivity index (χ0) is 25.2. The second-order valence-electron chi connectivity index (χ2n) is 8.13. The van der Waals surface area contributed by atoms with Crippen molar-refractivity contribution in [3.63, 3.8) is 0 Å². The normalized spacial score (nSPS) is 15.2. The Morgan fingerprint density at radius 3 is 2.92 bits per heavy atom. The van der Waals surface area contributed by atoms with Gasteiger partial charge in [0.15, 0.2) is 17.2 Å². The van der Waals surface area contributed by atoms with Crippen LogP contribution in [-0.4, -0.2) is 51.9 Å². The third-order valence-electron chi connectivity index (χ3n) is 5.67. The van der Waals surface area contributed by atoms with Gasteiger partial charge in [-0.2, -0.15) is 4.98 Å². The number of pyridine rings is 2. The van der Waals surface area contributed by atoms with Gasteiger partial charge in [0.25, 0.3) is 5.91 Å². The number of fused-ring (bicyclic) bond motifs is 1. The van der Waals surface area contributed by atoms with E-state index in [0.29, 0.717) is 30.8 Å². The standard InChI is InChI=1S/C24H22F2N6O4/c1-34-23-18(7-14(10-29-23)13-2-4-32-20(8-13)30-24(27)31-32)22(33)28-11-15-6-16(25)9-19(26)21(15)36-17-3-5-35-12-17/h2,4,6-10,17H,3,5,11-12H2,1H3,(H2,27,31)(H,28,33)/t17-/m0/s1. The van der Waals surface area contributed by atoms with Crippen LogP contribution in [0.25, 0.3) is 16.8 Å². The Labute approximate surface area is 204 Å². The molecule has 1 aromatic carbocycles. The Balaban J connectivity index is 1.40. The molecular weight excluding hydrogens is 474 g/mol. The van der Waals surface area contributed by atoms with Gasteiger partial charge in [0.1, 0.15) is 17.5 Å². The zero-order valence-corrected chi connectivity index (χ0v) is 19.2. The first-order valence-corrected chi connectivity index (χ1v) is 11.1. The molecule has 0 saturated carbocycles. The minimum absolute atomic E-state index is 0.0917. The minimum atomic E-state index is -0.850. The molecular formula is C24H22F2N6O4. The lowest BCUT2D eigenvalue weighted by molar-refractivity contribution is 0.0946. The lowest BCUT2D eigenvalue weighted by Gasteiger charge is -2.17. The molecule has 0 bridgehead atoms. The van der Waals surface area contributed by atoms with Crippen LogP contribution in [0.4, 0.5) is 14.7 Å². The summed E-state index contributed by atoms with van der Waals surface area (Å²) in [6.07, 6.45) is 3.48. The Morgan fingerprint density at radius 1 is 1.28 bits per heavy atom. The van der Waals surface area contributed by atoms with Crippen LogP contribution >= 0.6 is 0 Å². The van der Waals surface area contributed by atoms with Crippen LogP contribution in [0.1, 0.15) is 22.3 Å². The Hall–Kier alpha value is -4.32. The molecule has 36 heavy (non-hydrogen) atoms. The van der Waals surface area contributed by atoms with Crippen molar-refractivity contribution in [1.82, 2.24) is 24.9 Å². The predicted molar refractivity (Wildman–Crippen MR) is 125 cm³/mol. The molecule has 12 heteroatoms. The largest absolute Gasteiger partial charge is 0.484 e. The molecule has 3 N–H and O–H groups in total. The van der Waals surface area contributed by atoms with Gasteiger partial charge in [-0.1, -0.05) is 0 Å². The SMILES string of the molecule is COc1ncc(-c2ccn3nc(N)nc3c2)cc1C(=O)NCc1cc(F)cc(F)c1O[C@H]1CCOC1. The Morgan fingerprint density at radius 2 is 2.14 bits per heavy atom. The van der Waals surface area contributed by atoms with Gasteiger partial charge < -0.3 is 25.3 Å². The summed E-state index contributed by atoms with van der Waals surface area (Å²) in [7, 11) is 1.39. The van der Waals surface area contributed by atoms with Crippen molar-refractivity contribution in [3.05, 3.63) is 65.5 Å². The van der Waals surface area contributed by atoms with Gasteiger partial charge in [-0.25, -0.2) is 18.3 Å². The molecule has 1 amide bonds. The summed E-state index contributed by atoms with van der Waals surface area (Å²) in [6, 6.07) is 7.00. The van der Waals surface area contributed by atoms with E-state index in [0.717, 1.165) is 17.7 Å². The first-order valence-electron chi connectivity index (χ1n) is 11.1. The van der Waals surface area contributed by atoms with E-state index in [1.54, 1.807) is 30.6 Å². The van der Waals surface area contributed by atoms with Gasteiger partial charge in [0.2, 0.25) is 11.8 Å². The number of nitrogens with two attached hydrogens (primary N) is 1. The maximum absolute atomic E-state index is 14.5. The fourth-order valence-electron chi connectivity index (χ4n) is 3.93. The number of benzene rings is 1. The van der Waals surface area contributed by atoms with E-state index in [9.17, 15) is 13.6 Å². The minimum Gasteiger partial charge on any atom is -0.484 e. The number of ether oxygens (including phenoxy) is 3. The van der Waals surface area contributed by atoms with E-state index < -0.39 is 17.5 Å². The topological polar surface area (TPSA) is 126 Å². The summed E-state index contributed by atoms with van der Waals surface area (Å²) in [6.45, 7) is 0.625. The van der Waals surface area contributed by atoms with Crippen LogP contribution in [-0.2, 0) is 11.3 Å². The third-order valence-corrected chi connectivity index (χ3v) is 5.67. The number of anilines is 1. The maximum Gasteiger partial charge on any atom is 0.257 e. The molecule has 3 aromatic heterocycles. The van der Waals surface area contributed by atoms with Crippen molar-refractivity contribution >= 4 is 17.5 Å². The molecule has 10 nitrogen and oxygen atoms in total. The quantitative estimate of drug-likeness (QED) is 0.400. The van der Waals surface area contributed by atoms with Crippen LogP contribution in [0.5, 0.6) is 11.6 Å². The first kappa shape index (κ1) is 23.4. The molecule has 1 saturated heterocycles. The van der Waals surface area contributed by atoms with Crippen molar-refractivity contribution < 1.29 is 27.8 Å². The number of rotatable bonds is 7. The molecule has 4 heterocycles. The molecule has 186 valence electrons. The van der Waals surface area contributed by atoms with Crippen LogP contribution < -0.4 is 20.5 Å². The second kappa shape index (κ2) is 9.74. The second-order valence-corrected chi connectivity index (χ2v) is 8.13.